The van der Waals surface area contributed by atoms with Gasteiger partial charge in [-0.05, 0) is 24.6 Å². The summed E-state index contributed by atoms with van der Waals surface area (Å²) in [4.78, 5) is 24.7. The molecule has 0 aromatic heterocycles. The number of rotatable bonds is 5. The van der Waals surface area contributed by atoms with E-state index in [1.165, 1.54) is 6.07 Å². The van der Waals surface area contributed by atoms with E-state index in [0.29, 0.717) is 0 Å². The van der Waals surface area contributed by atoms with E-state index < -0.39 is 35.7 Å². The van der Waals surface area contributed by atoms with Crippen molar-refractivity contribution in [2.75, 3.05) is 11.4 Å². The number of amides is 2. The number of halogens is 2. The van der Waals surface area contributed by atoms with Crippen molar-refractivity contribution in [1.29, 1.82) is 0 Å². The predicted molar refractivity (Wildman–Crippen MR) is 87.4 cm³/mol. The number of para-hydroxylation sites is 1. The number of carbonyl (C=O) groups is 2. The molecule has 1 atom stereocenters. The number of nitrogens with zero attached hydrogens (tertiary/aromatic N) is 1. The van der Waals surface area contributed by atoms with Crippen LogP contribution in [0.25, 0.3) is 0 Å². The van der Waals surface area contributed by atoms with Gasteiger partial charge in [-0.15, -0.1) is 0 Å². The molecule has 0 heterocycles. The van der Waals surface area contributed by atoms with Crippen LogP contribution in [0.5, 0.6) is 0 Å². The molecule has 0 aliphatic heterocycles. The highest BCUT2D eigenvalue weighted by Gasteiger charge is 2.23. The van der Waals surface area contributed by atoms with E-state index in [-0.39, 0.29) is 6.04 Å². The number of nitrogens with one attached hydrogen (secondary N) is 1. The Labute approximate surface area is 139 Å². The molecule has 0 saturated carbocycles. The second kappa shape index (κ2) is 7.68. The molecule has 1 unspecified atom stereocenters. The normalized spacial score (nSPS) is 11.7. The second-order valence-corrected chi connectivity index (χ2v) is 5.38. The highest BCUT2D eigenvalue weighted by molar-refractivity contribution is 5.97. The van der Waals surface area contributed by atoms with Crippen LogP contribution in [-0.4, -0.2) is 18.4 Å². The minimum absolute atomic E-state index is 0.294. The van der Waals surface area contributed by atoms with Gasteiger partial charge >= 0.3 is 0 Å². The van der Waals surface area contributed by atoms with Crippen molar-refractivity contribution in [3.63, 3.8) is 0 Å². The summed E-state index contributed by atoms with van der Waals surface area (Å²) >= 11 is 0. The molecule has 0 aliphatic carbocycles. The van der Waals surface area contributed by atoms with Crippen molar-refractivity contribution in [2.24, 2.45) is 0 Å². The standard InChI is InChI=1S/C18H18F2N2O2/c1-12(14-7-4-3-5-8-14)21-17(24)11-22(13(2)23)18-15(19)9-6-10-16(18)20/h3-10,12H,11H2,1-2H3,(H,21,24). The minimum atomic E-state index is -0.894. The number of hydrogen-bond acceptors (Lipinski definition) is 2. The summed E-state index contributed by atoms with van der Waals surface area (Å²) in [5.74, 6) is -2.92. The van der Waals surface area contributed by atoms with Crippen molar-refractivity contribution in [1.82, 2.24) is 5.32 Å². The molecule has 6 heteroatoms. The zero-order chi connectivity index (χ0) is 17.7. The van der Waals surface area contributed by atoms with E-state index in [1.54, 1.807) is 6.92 Å². The summed E-state index contributed by atoms with van der Waals surface area (Å²) in [6.07, 6.45) is 0. The largest absolute Gasteiger partial charge is 0.348 e. The lowest BCUT2D eigenvalue weighted by molar-refractivity contribution is -0.123. The van der Waals surface area contributed by atoms with Gasteiger partial charge in [0.25, 0.3) is 0 Å². The Bertz CT molecular complexity index is 715. The van der Waals surface area contributed by atoms with Gasteiger partial charge in [0.2, 0.25) is 11.8 Å². The number of hydrogen-bond donors (Lipinski definition) is 1. The lowest BCUT2D eigenvalue weighted by Gasteiger charge is -2.23. The molecule has 24 heavy (non-hydrogen) atoms. The highest BCUT2D eigenvalue weighted by atomic mass is 19.1. The molecular weight excluding hydrogens is 314 g/mol. The molecule has 2 amide bonds. The topological polar surface area (TPSA) is 49.4 Å². The van der Waals surface area contributed by atoms with Crippen molar-refractivity contribution >= 4 is 17.5 Å². The molecule has 2 aromatic carbocycles. The van der Waals surface area contributed by atoms with Crippen molar-refractivity contribution in [3.05, 3.63) is 65.7 Å². The van der Waals surface area contributed by atoms with Gasteiger partial charge in [-0.3, -0.25) is 14.5 Å². The molecule has 0 radical (unpaired) electrons. The van der Waals surface area contributed by atoms with Crippen LogP contribution in [-0.2, 0) is 9.59 Å². The van der Waals surface area contributed by atoms with Crippen LogP contribution in [0.3, 0.4) is 0 Å². The van der Waals surface area contributed by atoms with Gasteiger partial charge in [0.05, 0.1) is 6.04 Å². The number of anilines is 1. The van der Waals surface area contributed by atoms with Gasteiger partial charge in [-0.2, -0.15) is 0 Å². The molecule has 0 bridgehead atoms. The van der Waals surface area contributed by atoms with Gasteiger partial charge < -0.3 is 5.32 Å². The highest BCUT2D eigenvalue weighted by Crippen LogP contribution is 2.23. The molecule has 2 aromatic rings. The molecule has 0 aliphatic rings. The first-order valence-electron chi connectivity index (χ1n) is 7.46. The first-order chi connectivity index (χ1) is 11.4. The van der Waals surface area contributed by atoms with E-state index in [1.807, 2.05) is 30.3 Å². The summed E-state index contributed by atoms with van der Waals surface area (Å²) in [5, 5.41) is 2.71. The minimum Gasteiger partial charge on any atom is -0.348 e. The maximum atomic E-state index is 13.9. The third-order valence-electron chi connectivity index (χ3n) is 3.57. The fourth-order valence-corrected chi connectivity index (χ4v) is 2.35. The Morgan fingerprint density at radius 1 is 1.04 bits per heavy atom. The van der Waals surface area contributed by atoms with E-state index >= 15 is 0 Å². The lowest BCUT2D eigenvalue weighted by Crippen LogP contribution is -2.41. The van der Waals surface area contributed by atoms with Crippen molar-refractivity contribution in [3.8, 4) is 0 Å². The summed E-state index contributed by atoms with van der Waals surface area (Å²) in [6, 6.07) is 12.2. The van der Waals surface area contributed by atoms with Gasteiger partial charge in [0, 0.05) is 6.92 Å². The molecule has 2 rings (SSSR count). The van der Waals surface area contributed by atoms with Crippen molar-refractivity contribution < 1.29 is 18.4 Å². The molecule has 1 N–H and O–H groups in total. The maximum absolute atomic E-state index is 13.9. The summed E-state index contributed by atoms with van der Waals surface area (Å²) in [7, 11) is 0. The van der Waals surface area contributed by atoms with Crippen LogP contribution < -0.4 is 10.2 Å². The quantitative estimate of drug-likeness (QED) is 0.914. The molecule has 126 valence electrons. The van der Waals surface area contributed by atoms with Crippen LogP contribution >= 0.6 is 0 Å². The fraction of sp³-hybridized carbons (Fsp3) is 0.222. The van der Waals surface area contributed by atoms with Gasteiger partial charge in [-0.25, -0.2) is 8.78 Å². The van der Waals surface area contributed by atoms with Crippen LogP contribution in [0.4, 0.5) is 14.5 Å². The van der Waals surface area contributed by atoms with E-state index in [0.717, 1.165) is 29.5 Å². The summed E-state index contributed by atoms with van der Waals surface area (Å²) in [6.45, 7) is 2.47. The van der Waals surface area contributed by atoms with Gasteiger partial charge in [0.1, 0.15) is 23.9 Å². The SMILES string of the molecule is CC(=O)N(CC(=O)NC(C)c1ccccc1)c1c(F)cccc1F. The average Bonchev–Trinajstić information content (AvgIpc) is 2.54. The van der Waals surface area contributed by atoms with Gasteiger partial charge in [0.15, 0.2) is 0 Å². The third-order valence-corrected chi connectivity index (χ3v) is 3.57. The maximum Gasteiger partial charge on any atom is 0.240 e. The molecule has 0 saturated heterocycles. The second-order valence-electron chi connectivity index (χ2n) is 5.38. The number of carbonyl (C=O) groups excluding carboxylic acids is 2. The predicted octanol–water partition coefficient (Wildman–Crippen LogP) is 3.20. The Balaban J connectivity index is 2.14. The zero-order valence-electron chi connectivity index (χ0n) is 13.4. The lowest BCUT2D eigenvalue weighted by atomic mass is 10.1. The van der Waals surface area contributed by atoms with Crippen LogP contribution in [0.2, 0.25) is 0 Å². The van der Waals surface area contributed by atoms with E-state index in [4.69, 9.17) is 0 Å². The fourth-order valence-electron chi connectivity index (χ4n) is 2.35. The summed E-state index contributed by atoms with van der Waals surface area (Å²) < 4.78 is 27.7. The van der Waals surface area contributed by atoms with Crippen molar-refractivity contribution in [2.45, 2.75) is 19.9 Å². The molecular formula is C18H18F2N2O2. The first-order valence-corrected chi connectivity index (χ1v) is 7.46. The third kappa shape index (κ3) is 4.16. The van der Waals surface area contributed by atoms with Gasteiger partial charge in [-0.1, -0.05) is 36.4 Å². The van der Waals surface area contributed by atoms with E-state index in [2.05, 4.69) is 5.32 Å². The Kier molecular flexibility index (Phi) is 5.63. The van der Waals surface area contributed by atoms with E-state index in [9.17, 15) is 18.4 Å². The Morgan fingerprint density at radius 2 is 1.62 bits per heavy atom. The smallest absolute Gasteiger partial charge is 0.240 e. The van der Waals surface area contributed by atoms with Crippen LogP contribution in [0.1, 0.15) is 25.5 Å². The first kappa shape index (κ1) is 17.6. The van der Waals surface area contributed by atoms with Crippen LogP contribution in [0.15, 0.2) is 48.5 Å². The molecule has 4 nitrogen and oxygen atoms in total. The van der Waals surface area contributed by atoms with Crippen LogP contribution in [0, 0.1) is 11.6 Å². The molecule has 0 fully saturated rings. The number of benzene rings is 2. The molecule has 0 spiro atoms. The Morgan fingerprint density at radius 3 is 2.17 bits per heavy atom. The average molecular weight is 332 g/mol. The monoisotopic (exact) mass is 332 g/mol. The zero-order valence-corrected chi connectivity index (χ0v) is 13.4. The summed E-state index contributed by atoms with van der Waals surface area (Å²) in [5.41, 5.74) is 0.366. The Hall–Kier alpha value is -2.76.